The predicted molar refractivity (Wildman–Crippen MR) is 141 cm³/mol. The molecule has 0 spiro atoms. The van der Waals surface area contributed by atoms with Gasteiger partial charge in [-0.1, -0.05) is 23.7 Å². The van der Waals surface area contributed by atoms with Gasteiger partial charge in [0.1, 0.15) is 17.2 Å². The van der Waals surface area contributed by atoms with Crippen molar-refractivity contribution in [3.63, 3.8) is 0 Å². The maximum atomic E-state index is 12.6. The summed E-state index contributed by atoms with van der Waals surface area (Å²) in [5.74, 6) is 0.224. The summed E-state index contributed by atoms with van der Waals surface area (Å²) in [5.41, 5.74) is 0.723. The van der Waals surface area contributed by atoms with Crippen molar-refractivity contribution in [1.82, 2.24) is 4.90 Å². The summed E-state index contributed by atoms with van der Waals surface area (Å²) in [5, 5.41) is 23.6. The van der Waals surface area contributed by atoms with Gasteiger partial charge in [-0.2, -0.15) is 4.99 Å². The molecule has 3 aromatic rings. The van der Waals surface area contributed by atoms with Crippen molar-refractivity contribution in [2.75, 3.05) is 31.1 Å². The first kappa shape index (κ1) is 24.5. The number of anilines is 1. The summed E-state index contributed by atoms with van der Waals surface area (Å²) in [7, 11) is 0. The van der Waals surface area contributed by atoms with E-state index in [1.165, 1.54) is 36.0 Å². The van der Waals surface area contributed by atoms with Crippen molar-refractivity contribution in [1.29, 1.82) is 0 Å². The van der Waals surface area contributed by atoms with Gasteiger partial charge in [0.15, 0.2) is 5.17 Å². The Morgan fingerprint density at radius 3 is 2.38 bits per heavy atom. The van der Waals surface area contributed by atoms with Crippen LogP contribution in [0.2, 0.25) is 5.02 Å². The van der Waals surface area contributed by atoms with E-state index in [1.807, 2.05) is 9.80 Å². The van der Waals surface area contributed by atoms with Crippen LogP contribution < -0.4 is 4.90 Å². The molecule has 1 amide bonds. The smallest absolute Gasteiger partial charge is 0.292 e. The molecule has 0 saturated carbocycles. The van der Waals surface area contributed by atoms with Crippen LogP contribution in [0.15, 0.2) is 68.9 Å². The van der Waals surface area contributed by atoms with Gasteiger partial charge in [-0.05, 0) is 42.1 Å². The molecule has 11 nitrogen and oxygen atoms in total. The Bertz CT molecular complexity index is 1480. The fourth-order valence-electron chi connectivity index (χ4n) is 4.13. The highest BCUT2D eigenvalue weighted by Crippen LogP contribution is 2.36. The molecule has 0 radical (unpaired) electrons. The first-order valence-electron chi connectivity index (χ1n) is 11.1. The molecular weight excluding hydrogens is 522 g/mol. The summed E-state index contributed by atoms with van der Waals surface area (Å²) in [4.78, 5) is 42.9. The quantitative estimate of drug-likeness (QED) is 0.243. The second-order valence-corrected chi connectivity index (χ2v) is 9.60. The topological polar surface area (TPSA) is 135 Å². The second-order valence-electron chi connectivity index (χ2n) is 8.15. The summed E-state index contributed by atoms with van der Waals surface area (Å²) in [6.07, 6.45) is 1.55. The van der Waals surface area contributed by atoms with Gasteiger partial charge < -0.3 is 14.2 Å². The zero-order valence-electron chi connectivity index (χ0n) is 19.1. The van der Waals surface area contributed by atoms with Crippen LogP contribution in [0.3, 0.4) is 0 Å². The summed E-state index contributed by atoms with van der Waals surface area (Å²) >= 11 is 7.10. The molecule has 188 valence electrons. The van der Waals surface area contributed by atoms with Crippen LogP contribution in [0.25, 0.3) is 17.4 Å². The van der Waals surface area contributed by atoms with E-state index in [-0.39, 0.29) is 32.6 Å². The van der Waals surface area contributed by atoms with Gasteiger partial charge >= 0.3 is 0 Å². The van der Waals surface area contributed by atoms with Gasteiger partial charge in [-0.25, -0.2) is 0 Å². The number of benzene rings is 2. The molecule has 2 aliphatic heterocycles. The number of nitrogens with zero attached hydrogens (tertiary/aromatic N) is 5. The number of carbonyl (C=O) groups is 1. The largest absolute Gasteiger partial charge is 0.456 e. The van der Waals surface area contributed by atoms with Gasteiger partial charge in [-0.15, -0.1) is 0 Å². The molecule has 0 N–H and O–H groups in total. The minimum Gasteiger partial charge on any atom is -0.456 e. The zero-order valence-corrected chi connectivity index (χ0v) is 20.6. The number of hydrogen-bond acceptors (Lipinski definition) is 9. The van der Waals surface area contributed by atoms with Gasteiger partial charge in [0.25, 0.3) is 17.3 Å². The number of aliphatic imine (C=N–C) groups is 1. The molecular formula is C24H18ClN5O6S. The number of para-hydroxylation sites is 2. The maximum Gasteiger partial charge on any atom is 0.292 e. The van der Waals surface area contributed by atoms with Crippen molar-refractivity contribution >= 4 is 57.6 Å². The molecule has 1 aromatic heterocycles. The number of nitro groups is 2. The maximum absolute atomic E-state index is 12.6. The van der Waals surface area contributed by atoms with Crippen LogP contribution in [0.1, 0.15) is 5.76 Å². The highest BCUT2D eigenvalue weighted by atomic mass is 35.5. The van der Waals surface area contributed by atoms with Gasteiger partial charge in [0, 0.05) is 49.4 Å². The molecule has 0 bridgehead atoms. The number of amidine groups is 1. The number of nitro benzene ring substituents is 2. The van der Waals surface area contributed by atoms with Crippen LogP contribution in [0.5, 0.6) is 0 Å². The van der Waals surface area contributed by atoms with E-state index >= 15 is 0 Å². The molecule has 0 atom stereocenters. The lowest BCUT2D eigenvalue weighted by atomic mass is 10.1. The van der Waals surface area contributed by atoms with E-state index in [2.05, 4.69) is 4.99 Å². The monoisotopic (exact) mass is 539 g/mol. The Balaban J connectivity index is 1.27. The van der Waals surface area contributed by atoms with E-state index in [9.17, 15) is 25.0 Å². The zero-order chi connectivity index (χ0) is 26.1. The Morgan fingerprint density at radius 1 is 0.946 bits per heavy atom. The molecule has 2 aromatic carbocycles. The number of halogens is 1. The fraction of sp³-hybridized carbons (Fsp3) is 0.167. The van der Waals surface area contributed by atoms with E-state index in [0.29, 0.717) is 47.7 Å². The fourth-order valence-corrected chi connectivity index (χ4v) is 5.24. The lowest BCUT2D eigenvalue weighted by Crippen LogP contribution is -2.48. The Hall–Kier alpha value is -4.16. The van der Waals surface area contributed by atoms with E-state index < -0.39 is 10.8 Å². The lowest BCUT2D eigenvalue weighted by Gasteiger charge is -2.36. The van der Waals surface area contributed by atoms with Crippen LogP contribution in [-0.4, -0.2) is 52.0 Å². The molecule has 1 saturated heterocycles. The number of hydrogen-bond donors (Lipinski definition) is 0. The molecule has 2 aliphatic rings. The summed E-state index contributed by atoms with van der Waals surface area (Å²) in [6, 6.07) is 14.1. The number of thioether (sulfide) groups is 1. The number of carbonyl (C=O) groups excluding carboxylic acids is 1. The molecule has 3 heterocycles. The summed E-state index contributed by atoms with van der Waals surface area (Å²) in [6.45, 7) is 2.17. The average molecular weight is 540 g/mol. The normalized spacial score (nSPS) is 16.8. The first-order valence-corrected chi connectivity index (χ1v) is 12.3. The molecule has 1 fully saturated rings. The van der Waals surface area contributed by atoms with Crippen molar-refractivity contribution in [3.05, 3.63) is 90.5 Å². The van der Waals surface area contributed by atoms with E-state index in [4.69, 9.17) is 16.0 Å². The third-order valence-corrected chi connectivity index (χ3v) is 7.18. The van der Waals surface area contributed by atoms with Crippen molar-refractivity contribution in [3.8, 4) is 11.3 Å². The van der Waals surface area contributed by atoms with Crippen LogP contribution in [0, 0.1) is 20.2 Å². The van der Waals surface area contributed by atoms with Crippen LogP contribution in [0.4, 0.5) is 17.1 Å². The minimum atomic E-state index is -0.534. The Labute approximate surface area is 219 Å². The molecule has 0 aliphatic carbocycles. The SMILES string of the molecule is O=C1N=C(N2CCN(c3ccccc3[N+](=O)[O-])CC2)S/C1=C\c1ccc(-c2ccc(Cl)cc2[N+](=O)[O-])o1. The number of piperazine rings is 1. The highest BCUT2D eigenvalue weighted by Gasteiger charge is 2.30. The van der Waals surface area contributed by atoms with Crippen molar-refractivity contribution < 1.29 is 19.1 Å². The molecule has 13 heteroatoms. The van der Waals surface area contributed by atoms with Gasteiger partial charge in [-0.3, -0.25) is 25.0 Å². The van der Waals surface area contributed by atoms with E-state index in [1.54, 1.807) is 36.4 Å². The Morgan fingerprint density at radius 2 is 1.65 bits per heavy atom. The van der Waals surface area contributed by atoms with Gasteiger partial charge in [0.2, 0.25) is 0 Å². The Kier molecular flexibility index (Phi) is 6.68. The predicted octanol–water partition coefficient (Wildman–Crippen LogP) is 5.21. The lowest BCUT2D eigenvalue weighted by molar-refractivity contribution is -0.384. The van der Waals surface area contributed by atoms with Crippen LogP contribution in [-0.2, 0) is 4.79 Å². The van der Waals surface area contributed by atoms with E-state index in [0.717, 1.165) is 0 Å². The van der Waals surface area contributed by atoms with Gasteiger partial charge in [0.05, 0.1) is 20.3 Å². The first-order chi connectivity index (χ1) is 17.8. The summed E-state index contributed by atoms with van der Waals surface area (Å²) < 4.78 is 5.77. The third kappa shape index (κ3) is 5.06. The highest BCUT2D eigenvalue weighted by molar-refractivity contribution is 8.18. The molecule has 37 heavy (non-hydrogen) atoms. The average Bonchev–Trinajstić information content (AvgIpc) is 3.51. The van der Waals surface area contributed by atoms with Crippen molar-refractivity contribution in [2.24, 2.45) is 4.99 Å². The number of rotatable bonds is 5. The minimum absolute atomic E-state index is 0.0608. The number of amides is 1. The number of furan rings is 1. The van der Waals surface area contributed by atoms with Crippen LogP contribution >= 0.6 is 23.4 Å². The second kappa shape index (κ2) is 10.1. The van der Waals surface area contributed by atoms with Crippen molar-refractivity contribution in [2.45, 2.75) is 0 Å². The third-order valence-electron chi connectivity index (χ3n) is 5.90. The standard InChI is InChI=1S/C24H18ClN5O6S/c25-15-5-7-17(20(13-15)30(34)35)21-8-6-16(36-21)14-22-23(31)26-24(37-22)28-11-9-27(10-12-28)18-3-1-2-4-19(18)29(32)33/h1-8,13-14H,9-12H2/b22-14-. The molecule has 0 unspecified atom stereocenters. The molecule has 5 rings (SSSR count).